The molecule has 0 aliphatic rings. The average molecular weight is 319 g/mol. The van der Waals surface area contributed by atoms with Crippen LogP contribution in [0.3, 0.4) is 0 Å². The Kier molecular flexibility index (Phi) is 5.01. The monoisotopic (exact) mass is 319 g/mol. The maximum Gasteiger partial charge on any atom is 0.225 e. The molecule has 0 radical (unpaired) electrons. The van der Waals surface area contributed by atoms with Crippen LogP contribution in [-0.2, 0) is 13.1 Å². The van der Waals surface area contributed by atoms with E-state index >= 15 is 0 Å². The second-order valence-corrected chi connectivity index (χ2v) is 5.73. The molecule has 2 aromatic heterocycles. The van der Waals surface area contributed by atoms with Gasteiger partial charge in [-0.15, -0.1) is 0 Å². The molecule has 2 N–H and O–H groups in total. The summed E-state index contributed by atoms with van der Waals surface area (Å²) in [5.74, 6) is 1.42. The van der Waals surface area contributed by atoms with Gasteiger partial charge in [0, 0.05) is 24.5 Å². The fraction of sp³-hybridized carbons (Fsp3) is 0.211. The molecule has 2 heterocycles. The molecule has 0 saturated carbocycles. The highest BCUT2D eigenvalue weighted by Crippen LogP contribution is 2.12. The number of anilines is 2. The molecule has 0 bridgehead atoms. The lowest BCUT2D eigenvalue weighted by molar-refractivity contribution is 0.982. The fourth-order valence-electron chi connectivity index (χ4n) is 2.31. The van der Waals surface area contributed by atoms with E-state index in [4.69, 9.17) is 0 Å². The van der Waals surface area contributed by atoms with E-state index in [0.29, 0.717) is 12.5 Å². The molecular weight excluding hydrogens is 298 g/mol. The van der Waals surface area contributed by atoms with E-state index in [2.05, 4.69) is 56.8 Å². The fourth-order valence-corrected chi connectivity index (χ4v) is 2.31. The number of benzene rings is 1. The third-order valence-electron chi connectivity index (χ3n) is 3.60. The van der Waals surface area contributed by atoms with E-state index in [9.17, 15) is 0 Å². The number of aryl methyl sites for hydroxylation is 2. The van der Waals surface area contributed by atoms with Crippen LogP contribution in [0.1, 0.15) is 22.5 Å². The van der Waals surface area contributed by atoms with Crippen LogP contribution in [0.2, 0.25) is 0 Å². The molecular formula is C19H21N5. The van der Waals surface area contributed by atoms with E-state index < -0.39 is 0 Å². The molecule has 0 aliphatic carbocycles. The Bertz CT molecular complexity index is 785. The predicted molar refractivity (Wildman–Crippen MR) is 96.8 cm³/mol. The summed E-state index contributed by atoms with van der Waals surface area (Å²) in [7, 11) is 0. The van der Waals surface area contributed by atoms with Gasteiger partial charge in [0.2, 0.25) is 5.95 Å². The highest BCUT2D eigenvalue weighted by molar-refractivity contribution is 5.43. The van der Waals surface area contributed by atoms with Crippen molar-refractivity contribution in [1.82, 2.24) is 15.0 Å². The molecule has 5 nitrogen and oxygen atoms in total. The van der Waals surface area contributed by atoms with Crippen molar-refractivity contribution in [2.45, 2.75) is 26.9 Å². The van der Waals surface area contributed by atoms with Gasteiger partial charge in [-0.1, -0.05) is 35.9 Å². The SMILES string of the molecule is Cc1ccc(CNc2cc(C)nc(NCc3ccccn3)n2)cc1. The topological polar surface area (TPSA) is 62.7 Å². The normalized spacial score (nSPS) is 10.4. The first kappa shape index (κ1) is 15.9. The van der Waals surface area contributed by atoms with Gasteiger partial charge in [0.25, 0.3) is 0 Å². The average Bonchev–Trinajstić information content (AvgIpc) is 2.60. The highest BCUT2D eigenvalue weighted by Gasteiger charge is 2.03. The molecule has 5 heteroatoms. The third-order valence-corrected chi connectivity index (χ3v) is 3.60. The van der Waals surface area contributed by atoms with Gasteiger partial charge < -0.3 is 10.6 Å². The number of hydrogen-bond donors (Lipinski definition) is 2. The zero-order valence-electron chi connectivity index (χ0n) is 14.0. The van der Waals surface area contributed by atoms with Gasteiger partial charge in [0.15, 0.2) is 0 Å². The minimum absolute atomic E-state index is 0.599. The molecule has 0 amide bonds. The molecule has 0 fully saturated rings. The summed E-state index contributed by atoms with van der Waals surface area (Å²) in [5, 5.41) is 6.58. The van der Waals surface area contributed by atoms with E-state index in [-0.39, 0.29) is 0 Å². The van der Waals surface area contributed by atoms with Crippen LogP contribution in [0.25, 0.3) is 0 Å². The maximum atomic E-state index is 4.52. The van der Waals surface area contributed by atoms with Gasteiger partial charge in [-0.3, -0.25) is 4.98 Å². The van der Waals surface area contributed by atoms with Crippen LogP contribution in [0, 0.1) is 13.8 Å². The minimum Gasteiger partial charge on any atom is -0.366 e. The lowest BCUT2D eigenvalue weighted by Crippen LogP contribution is -2.08. The van der Waals surface area contributed by atoms with Crippen molar-refractivity contribution in [2.75, 3.05) is 10.6 Å². The molecule has 3 rings (SSSR count). The first-order chi connectivity index (χ1) is 11.7. The molecule has 0 aliphatic heterocycles. The van der Waals surface area contributed by atoms with Gasteiger partial charge in [0.05, 0.1) is 12.2 Å². The number of nitrogens with one attached hydrogen (secondary N) is 2. The van der Waals surface area contributed by atoms with E-state index in [1.165, 1.54) is 11.1 Å². The predicted octanol–water partition coefficient (Wildman–Crippen LogP) is 3.71. The van der Waals surface area contributed by atoms with Crippen molar-refractivity contribution in [1.29, 1.82) is 0 Å². The van der Waals surface area contributed by atoms with Crippen LogP contribution in [-0.4, -0.2) is 15.0 Å². The summed E-state index contributed by atoms with van der Waals surface area (Å²) in [6, 6.07) is 16.3. The summed E-state index contributed by atoms with van der Waals surface area (Å²) >= 11 is 0. The number of hydrogen-bond acceptors (Lipinski definition) is 5. The van der Waals surface area contributed by atoms with Crippen molar-refractivity contribution >= 4 is 11.8 Å². The second kappa shape index (κ2) is 7.55. The van der Waals surface area contributed by atoms with Crippen LogP contribution in [0.5, 0.6) is 0 Å². The number of pyridine rings is 1. The zero-order valence-corrected chi connectivity index (χ0v) is 14.0. The Morgan fingerprint density at radius 1 is 0.875 bits per heavy atom. The van der Waals surface area contributed by atoms with Crippen LogP contribution < -0.4 is 10.6 Å². The first-order valence-electron chi connectivity index (χ1n) is 7.98. The molecule has 1 aromatic carbocycles. The van der Waals surface area contributed by atoms with Crippen molar-refractivity contribution in [3.05, 3.63) is 77.2 Å². The summed E-state index contributed by atoms with van der Waals surface area (Å²) in [6.07, 6.45) is 1.78. The van der Waals surface area contributed by atoms with E-state index in [1.54, 1.807) is 6.20 Å². The van der Waals surface area contributed by atoms with Crippen LogP contribution >= 0.6 is 0 Å². The van der Waals surface area contributed by atoms with Gasteiger partial charge in [-0.25, -0.2) is 4.98 Å². The van der Waals surface area contributed by atoms with Crippen molar-refractivity contribution in [2.24, 2.45) is 0 Å². The Morgan fingerprint density at radius 2 is 1.71 bits per heavy atom. The van der Waals surface area contributed by atoms with Crippen molar-refractivity contribution in [3.63, 3.8) is 0 Å². The number of aromatic nitrogens is 3. The molecule has 0 atom stereocenters. The van der Waals surface area contributed by atoms with Crippen LogP contribution in [0.15, 0.2) is 54.7 Å². The Morgan fingerprint density at radius 3 is 2.46 bits per heavy atom. The largest absolute Gasteiger partial charge is 0.366 e. The minimum atomic E-state index is 0.599. The van der Waals surface area contributed by atoms with Gasteiger partial charge >= 0.3 is 0 Å². The molecule has 3 aromatic rings. The second-order valence-electron chi connectivity index (χ2n) is 5.73. The summed E-state index contributed by atoms with van der Waals surface area (Å²) in [4.78, 5) is 13.2. The summed E-state index contributed by atoms with van der Waals surface area (Å²) in [5.41, 5.74) is 4.36. The Labute approximate surface area is 142 Å². The maximum absolute atomic E-state index is 4.52. The molecule has 0 saturated heterocycles. The van der Waals surface area contributed by atoms with E-state index in [1.807, 2.05) is 31.2 Å². The van der Waals surface area contributed by atoms with Gasteiger partial charge in [0.1, 0.15) is 5.82 Å². The Balaban J connectivity index is 1.63. The molecule has 0 unspecified atom stereocenters. The highest BCUT2D eigenvalue weighted by atomic mass is 15.1. The third kappa shape index (κ3) is 4.52. The molecule has 24 heavy (non-hydrogen) atoms. The van der Waals surface area contributed by atoms with E-state index in [0.717, 1.165) is 23.8 Å². The number of rotatable bonds is 6. The zero-order chi connectivity index (χ0) is 16.8. The molecule has 122 valence electrons. The smallest absolute Gasteiger partial charge is 0.225 e. The summed E-state index contributed by atoms with van der Waals surface area (Å²) < 4.78 is 0. The summed E-state index contributed by atoms with van der Waals surface area (Å²) in [6.45, 7) is 5.38. The quantitative estimate of drug-likeness (QED) is 0.725. The number of nitrogens with zero attached hydrogens (tertiary/aromatic N) is 3. The standard InChI is InChI=1S/C19H21N5/c1-14-6-8-16(9-7-14)12-21-18-11-15(2)23-19(24-18)22-13-17-5-3-4-10-20-17/h3-11H,12-13H2,1-2H3,(H2,21,22,23,24). The Hall–Kier alpha value is -2.95. The lowest BCUT2D eigenvalue weighted by Gasteiger charge is -2.10. The van der Waals surface area contributed by atoms with Gasteiger partial charge in [-0.2, -0.15) is 4.98 Å². The first-order valence-corrected chi connectivity index (χ1v) is 7.98. The van der Waals surface area contributed by atoms with Gasteiger partial charge in [-0.05, 0) is 31.5 Å². The lowest BCUT2D eigenvalue weighted by atomic mass is 10.1. The van der Waals surface area contributed by atoms with Crippen molar-refractivity contribution in [3.8, 4) is 0 Å². The van der Waals surface area contributed by atoms with Crippen molar-refractivity contribution < 1.29 is 0 Å². The van der Waals surface area contributed by atoms with Crippen LogP contribution in [0.4, 0.5) is 11.8 Å². The molecule has 0 spiro atoms.